The summed E-state index contributed by atoms with van der Waals surface area (Å²) in [6, 6.07) is 4.73. The van der Waals surface area contributed by atoms with Crippen molar-refractivity contribution in [2.75, 3.05) is 24.5 Å². The highest BCUT2D eigenvalue weighted by Crippen LogP contribution is 2.24. The van der Waals surface area contributed by atoms with Crippen molar-refractivity contribution in [3.05, 3.63) is 30.1 Å². The first kappa shape index (κ1) is 13.3. The van der Waals surface area contributed by atoms with Crippen LogP contribution in [-0.4, -0.2) is 46.6 Å². The molecule has 7 nitrogen and oxygen atoms in total. The summed E-state index contributed by atoms with van der Waals surface area (Å²) < 4.78 is 0. The summed E-state index contributed by atoms with van der Waals surface area (Å²) in [5.74, 6) is -0.374. The van der Waals surface area contributed by atoms with Gasteiger partial charge in [0, 0.05) is 18.5 Å². The fraction of sp³-hybridized carbons (Fsp3) is 0.286. The molecule has 0 unspecified atom stereocenters. The molecule has 21 heavy (non-hydrogen) atoms. The van der Waals surface area contributed by atoms with Crippen LogP contribution in [0.5, 0.6) is 0 Å². The molecular formula is C14H14N4O3. The predicted octanol–water partition coefficient (Wildman–Crippen LogP) is 0.654. The van der Waals surface area contributed by atoms with Gasteiger partial charge in [-0.05, 0) is 24.6 Å². The molecule has 0 spiro atoms. The van der Waals surface area contributed by atoms with Gasteiger partial charge in [0.2, 0.25) is 5.91 Å². The third-order valence-electron chi connectivity index (χ3n) is 3.42. The second-order valence-electron chi connectivity index (χ2n) is 4.86. The number of aromatic carboxylic acids is 1. The van der Waals surface area contributed by atoms with E-state index in [4.69, 9.17) is 5.11 Å². The summed E-state index contributed by atoms with van der Waals surface area (Å²) in [4.78, 5) is 33.0. The first-order valence-electron chi connectivity index (χ1n) is 6.65. The van der Waals surface area contributed by atoms with Crippen molar-refractivity contribution in [1.82, 2.24) is 15.3 Å². The SMILES string of the molecule is O=C1CN(c2ncnc3cc(C(=O)O)ccc23)CCCN1. The first-order chi connectivity index (χ1) is 10.1. The highest BCUT2D eigenvalue weighted by atomic mass is 16.4. The van der Waals surface area contributed by atoms with E-state index in [1.807, 2.05) is 4.90 Å². The van der Waals surface area contributed by atoms with E-state index in [1.54, 1.807) is 6.07 Å². The Balaban J connectivity index is 2.05. The van der Waals surface area contributed by atoms with E-state index in [-0.39, 0.29) is 18.0 Å². The summed E-state index contributed by atoms with van der Waals surface area (Å²) >= 11 is 0. The number of amides is 1. The Kier molecular flexibility index (Phi) is 3.39. The molecule has 0 atom stereocenters. The van der Waals surface area contributed by atoms with Crippen molar-refractivity contribution in [3.63, 3.8) is 0 Å². The van der Waals surface area contributed by atoms with Gasteiger partial charge in [-0.25, -0.2) is 14.8 Å². The average molecular weight is 286 g/mol. The van der Waals surface area contributed by atoms with Crippen molar-refractivity contribution in [1.29, 1.82) is 0 Å². The van der Waals surface area contributed by atoms with Gasteiger partial charge >= 0.3 is 5.97 Å². The van der Waals surface area contributed by atoms with Crippen molar-refractivity contribution < 1.29 is 14.7 Å². The summed E-state index contributed by atoms with van der Waals surface area (Å²) in [6.07, 6.45) is 2.23. The van der Waals surface area contributed by atoms with Gasteiger partial charge in [0.15, 0.2) is 0 Å². The van der Waals surface area contributed by atoms with Crippen LogP contribution >= 0.6 is 0 Å². The zero-order valence-corrected chi connectivity index (χ0v) is 11.2. The molecule has 0 radical (unpaired) electrons. The van der Waals surface area contributed by atoms with Gasteiger partial charge in [0.05, 0.1) is 17.6 Å². The number of hydrogen-bond donors (Lipinski definition) is 2. The molecule has 1 aromatic heterocycles. The number of nitrogens with one attached hydrogen (secondary N) is 1. The summed E-state index contributed by atoms with van der Waals surface area (Å²) in [5.41, 5.74) is 0.741. The quantitative estimate of drug-likeness (QED) is 0.841. The molecule has 2 N–H and O–H groups in total. The second-order valence-corrected chi connectivity index (χ2v) is 4.86. The Labute approximate surface area is 120 Å². The summed E-state index contributed by atoms with van der Waals surface area (Å²) in [5, 5.41) is 12.6. The van der Waals surface area contributed by atoms with Crippen molar-refractivity contribution in [2.45, 2.75) is 6.42 Å². The molecule has 3 rings (SSSR count). The molecule has 1 aliphatic heterocycles. The normalized spacial score (nSPS) is 15.6. The maximum Gasteiger partial charge on any atom is 0.335 e. The van der Waals surface area contributed by atoms with Gasteiger partial charge in [-0.1, -0.05) is 0 Å². The van der Waals surface area contributed by atoms with Crippen molar-refractivity contribution >= 4 is 28.6 Å². The molecule has 0 saturated carbocycles. The van der Waals surface area contributed by atoms with E-state index >= 15 is 0 Å². The lowest BCUT2D eigenvalue weighted by atomic mass is 10.1. The molecule has 108 valence electrons. The molecular weight excluding hydrogens is 272 g/mol. The largest absolute Gasteiger partial charge is 0.478 e. The standard InChI is InChI=1S/C14H14N4O3/c19-12-7-18(5-1-4-15-12)13-10-3-2-9(14(20)21)6-11(10)16-8-17-13/h2-3,6,8H,1,4-5,7H2,(H,15,19)(H,20,21). The summed E-state index contributed by atoms with van der Waals surface area (Å²) in [6.45, 7) is 1.61. The van der Waals surface area contributed by atoms with E-state index in [0.29, 0.717) is 24.4 Å². The minimum absolute atomic E-state index is 0.0404. The van der Waals surface area contributed by atoms with Crippen LogP contribution in [0.1, 0.15) is 16.8 Å². The number of carbonyl (C=O) groups excluding carboxylic acids is 1. The Morgan fingerprint density at radius 3 is 3.00 bits per heavy atom. The van der Waals surface area contributed by atoms with E-state index in [9.17, 15) is 9.59 Å². The van der Waals surface area contributed by atoms with Crippen LogP contribution < -0.4 is 10.2 Å². The Hall–Kier alpha value is -2.70. The fourth-order valence-corrected chi connectivity index (χ4v) is 2.41. The number of hydrogen-bond acceptors (Lipinski definition) is 5. The van der Waals surface area contributed by atoms with Crippen LogP contribution in [0.4, 0.5) is 5.82 Å². The number of benzene rings is 1. The van der Waals surface area contributed by atoms with Gasteiger partial charge in [0.25, 0.3) is 0 Å². The van der Waals surface area contributed by atoms with Crippen LogP contribution in [0.25, 0.3) is 10.9 Å². The van der Waals surface area contributed by atoms with Crippen LogP contribution in [0.3, 0.4) is 0 Å². The number of rotatable bonds is 2. The van der Waals surface area contributed by atoms with Gasteiger partial charge in [0.1, 0.15) is 12.1 Å². The minimum Gasteiger partial charge on any atom is -0.478 e. The Bertz CT molecular complexity index is 716. The van der Waals surface area contributed by atoms with E-state index in [2.05, 4.69) is 15.3 Å². The van der Waals surface area contributed by atoms with Gasteiger partial charge in [-0.15, -0.1) is 0 Å². The molecule has 7 heteroatoms. The van der Waals surface area contributed by atoms with Crippen LogP contribution in [-0.2, 0) is 4.79 Å². The molecule has 1 aromatic carbocycles. The lowest BCUT2D eigenvalue weighted by Gasteiger charge is -2.21. The third-order valence-corrected chi connectivity index (χ3v) is 3.42. The molecule has 2 heterocycles. The number of carbonyl (C=O) groups is 2. The molecule has 1 amide bonds. The van der Waals surface area contributed by atoms with Gasteiger partial charge in [-0.3, -0.25) is 4.79 Å². The molecule has 2 aromatic rings. The average Bonchev–Trinajstić information content (AvgIpc) is 2.70. The maximum absolute atomic E-state index is 11.7. The Morgan fingerprint density at radius 1 is 1.33 bits per heavy atom. The molecule has 1 fully saturated rings. The van der Waals surface area contributed by atoms with Crippen LogP contribution in [0, 0.1) is 0 Å². The topological polar surface area (TPSA) is 95.4 Å². The zero-order valence-electron chi connectivity index (χ0n) is 11.2. The maximum atomic E-state index is 11.7. The van der Waals surface area contributed by atoms with Crippen molar-refractivity contribution in [3.8, 4) is 0 Å². The number of carboxylic acid groups (broad SMARTS) is 1. The van der Waals surface area contributed by atoms with Crippen molar-refractivity contribution in [2.24, 2.45) is 0 Å². The first-order valence-corrected chi connectivity index (χ1v) is 6.65. The van der Waals surface area contributed by atoms with E-state index < -0.39 is 5.97 Å². The fourth-order valence-electron chi connectivity index (χ4n) is 2.41. The third kappa shape index (κ3) is 2.62. The highest BCUT2D eigenvalue weighted by Gasteiger charge is 2.18. The lowest BCUT2D eigenvalue weighted by molar-refractivity contribution is -0.119. The van der Waals surface area contributed by atoms with Crippen LogP contribution in [0.2, 0.25) is 0 Å². The molecule has 1 aliphatic rings. The predicted molar refractivity (Wildman–Crippen MR) is 76.3 cm³/mol. The van der Waals surface area contributed by atoms with E-state index in [1.165, 1.54) is 18.5 Å². The summed E-state index contributed by atoms with van der Waals surface area (Å²) in [7, 11) is 0. The number of carboxylic acids is 1. The molecule has 0 bridgehead atoms. The molecule has 0 aliphatic carbocycles. The number of aromatic nitrogens is 2. The zero-order chi connectivity index (χ0) is 14.8. The highest BCUT2D eigenvalue weighted by molar-refractivity contribution is 5.97. The number of fused-ring (bicyclic) bond motifs is 1. The van der Waals surface area contributed by atoms with Gasteiger partial charge < -0.3 is 15.3 Å². The smallest absolute Gasteiger partial charge is 0.335 e. The Morgan fingerprint density at radius 2 is 2.19 bits per heavy atom. The number of anilines is 1. The van der Waals surface area contributed by atoms with Crippen LogP contribution in [0.15, 0.2) is 24.5 Å². The molecule has 1 saturated heterocycles. The second kappa shape index (κ2) is 5.35. The monoisotopic (exact) mass is 286 g/mol. The van der Waals surface area contributed by atoms with Gasteiger partial charge in [-0.2, -0.15) is 0 Å². The van der Waals surface area contributed by atoms with E-state index in [0.717, 1.165) is 11.8 Å². The lowest BCUT2D eigenvalue weighted by Crippen LogP contribution is -2.33. The number of nitrogens with zero attached hydrogens (tertiary/aromatic N) is 3. The minimum atomic E-state index is -0.994.